The first-order valence-electron chi connectivity index (χ1n) is 10.0. The molecule has 6 nitrogen and oxygen atoms in total. The second-order valence-electron chi connectivity index (χ2n) is 7.40. The van der Waals surface area contributed by atoms with E-state index < -0.39 is 0 Å². The third-order valence-corrected chi connectivity index (χ3v) is 5.95. The number of anilines is 1. The SMILES string of the molecule is Cc1c(Cl)cccc1C(=O)Nc1cccc2c(=O)n(CCN3CCOCC3)ccc12. The summed E-state index contributed by atoms with van der Waals surface area (Å²) in [6.45, 7) is 6.49. The van der Waals surface area contributed by atoms with Crippen LogP contribution in [0, 0.1) is 6.92 Å². The molecule has 1 saturated heterocycles. The minimum Gasteiger partial charge on any atom is -0.379 e. The topological polar surface area (TPSA) is 63.6 Å². The third kappa shape index (κ3) is 4.26. The highest BCUT2D eigenvalue weighted by Gasteiger charge is 2.14. The fourth-order valence-electron chi connectivity index (χ4n) is 3.72. The van der Waals surface area contributed by atoms with Crippen LogP contribution in [-0.2, 0) is 11.3 Å². The Labute approximate surface area is 180 Å². The van der Waals surface area contributed by atoms with E-state index in [0.29, 0.717) is 28.2 Å². The van der Waals surface area contributed by atoms with Gasteiger partial charge in [0.1, 0.15) is 0 Å². The van der Waals surface area contributed by atoms with Gasteiger partial charge in [0.15, 0.2) is 0 Å². The van der Waals surface area contributed by atoms with E-state index >= 15 is 0 Å². The molecule has 1 aliphatic rings. The standard InChI is InChI=1S/C23H24ClN3O3/c1-16-17(4-2-6-20(16)24)22(28)25-21-7-3-5-19-18(21)8-9-27(23(19)29)11-10-26-12-14-30-15-13-26/h2-9H,10-15H2,1H3,(H,25,28). The minimum absolute atomic E-state index is 0.0594. The first-order chi connectivity index (χ1) is 14.5. The Morgan fingerprint density at radius 2 is 1.83 bits per heavy atom. The Hall–Kier alpha value is -2.67. The van der Waals surface area contributed by atoms with Gasteiger partial charge in [-0.3, -0.25) is 14.5 Å². The van der Waals surface area contributed by atoms with Crippen molar-refractivity contribution in [3.8, 4) is 0 Å². The molecule has 1 fully saturated rings. The fraction of sp³-hybridized carbons (Fsp3) is 0.304. The number of halogens is 1. The van der Waals surface area contributed by atoms with Crippen LogP contribution in [0.2, 0.25) is 5.02 Å². The normalized spacial score (nSPS) is 14.7. The van der Waals surface area contributed by atoms with Crippen LogP contribution < -0.4 is 10.9 Å². The van der Waals surface area contributed by atoms with Gasteiger partial charge in [-0.25, -0.2) is 0 Å². The number of hydrogen-bond acceptors (Lipinski definition) is 4. The summed E-state index contributed by atoms with van der Waals surface area (Å²) in [5.74, 6) is -0.251. The number of fused-ring (bicyclic) bond motifs is 1. The highest BCUT2D eigenvalue weighted by Crippen LogP contribution is 2.24. The highest BCUT2D eigenvalue weighted by atomic mass is 35.5. The smallest absolute Gasteiger partial charge is 0.258 e. The van der Waals surface area contributed by atoms with Crippen molar-refractivity contribution in [1.82, 2.24) is 9.47 Å². The molecule has 0 atom stereocenters. The number of nitrogens with zero attached hydrogens (tertiary/aromatic N) is 2. The average molecular weight is 426 g/mol. The van der Waals surface area contributed by atoms with E-state index in [1.807, 2.05) is 13.0 Å². The van der Waals surface area contributed by atoms with Crippen molar-refractivity contribution >= 4 is 34.0 Å². The molecule has 1 aromatic heterocycles. The monoisotopic (exact) mass is 425 g/mol. The van der Waals surface area contributed by atoms with Crippen molar-refractivity contribution < 1.29 is 9.53 Å². The number of carbonyl (C=O) groups excluding carboxylic acids is 1. The van der Waals surface area contributed by atoms with E-state index in [1.54, 1.807) is 47.2 Å². The van der Waals surface area contributed by atoms with Crippen LogP contribution in [0.15, 0.2) is 53.5 Å². The van der Waals surface area contributed by atoms with Gasteiger partial charge < -0.3 is 14.6 Å². The molecular weight excluding hydrogens is 402 g/mol. The predicted octanol–water partition coefficient (Wildman–Crippen LogP) is 3.55. The largest absolute Gasteiger partial charge is 0.379 e. The zero-order valence-electron chi connectivity index (χ0n) is 16.9. The molecule has 1 aliphatic heterocycles. The number of hydrogen-bond donors (Lipinski definition) is 1. The van der Waals surface area contributed by atoms with E-state index in [9.17, 15) is 9.59 Å². The first-order valence-corrected chi connectivity index (χ1v) is 10.4. The molecule has 3 aromatic rings. The van der Waals surface area contributed by atoms with Crippen molar-refractivity contribution in [1.29, 1.82) is 0 Å². The van der Waals surface area contributed by atoms with Crippen molar-refractivity contribution in [3.05, 3.63) is 75.2 Å². The summed E-state index contributed by atoms with van der Waals surface area (Å²) >= 11 is 6.15. The van der Waals surface area contributed by atoms with Gasteiger partial charge in [-0.2, -0.15) is 0 Å². The first kappa shape index (κ1) is 20.6. The summed E-state index contributed by atoms with van der Waals surface area (Å²) in [7, 11) is 0. The predicted molar refractivity (Wildman–Crippen MR) is 120 cm³/mol. The number of aromatic nitrogens is 1. The number of amides is 1. The summed E-state index contributed by atoms with van der Waals surface area (Å²) in [4.78, 5) is 28.1. The van der Waals surface area contributed by atoms with E-state index in [4.69, 9.17) is 16.3 Å². The lowest BCUT2D eigenvalue weighted by atomic mass is 10.1. The van der Waals surface area contributed by atoms with Gasteiger partial charge in [0, 0.05) is 59.4 Å². The van der Waals surface area contributed by atoms with Crippen LogP contribution in [-0.4, -0.2) is 48.2 Å². The fourth-order valence-corrected chi connectivity index (χ4v) is 3.89. The Balaban J connectivity index is 1.58. The minimum atomic E-state index is -0.251. The Kier molecular flexibility index (Phi) is 6.18. The van der Waals surface area contributed by atoms with Crippen molar-refractivity contribution in [2.75, 3.05) is 38.2 Å². The van der Waals surface area contributed by atoms with Crippen LogP contribution in [0.5, 0.6) is 0 Å². The number of rotatable bonds is 5. The summed E-state index contributed by atoms with van der Waals surface area (Å²) in [6.07, 6.45) is 1.80. The molecule has 0 unspecified atom stereocenters. The van der Waals surface area contributed by atoms with Gasteiger partial charge in [-0.1, -0.05) is 23.7 Å². The molecule has 0 radical (unpaired) electrons. The summed E-state index contributed by atoms with van der Waals surface area (Å²) < 4.78 is 7.10. The maximum absolute atomic E-state index is 13.0. The van der Waals surface area contributed by atoms with Crippen LogP contribution in [0.3, 0.4) is 0 Å². The lowest BCUT2D eigenvalue weighted by Crippen LogP contribution is -2.39. The number of nitrogens with one attached hydrogen (secondary N) is 1. The number of benzene rings is 2. The van der Waals surface area contributed by atoms with Gasteiger partial charge in [-0.15, -0.1) is 0 Å². The second-order valence-corrected chi connectivity index (χ2v) is 7.81. The molecule has 2 heterocycles. The zero-order chi connectivity index (χ0) is 21.1. The summed E-state index contributed by atoms with van der Waals surface area (Å²) in [5, 5.41) is 4.78. The molecule has 30 heavy (non-hydrogen) atoms. The van der Waals surface area contributed by atoms with Crippen LogP contribution >= 0.6 is 11.6 Å². The zero-order valence-corrected chi connectivity index (χ0v) is 17.6. The van der Waals surface area contributed by atoms with E-state index in [2.05, 4.69) is 10.2 Å². The van der Waals surface area contributed by atoms with Crippen LogP contribution in [0.4, 0.5) is 5.69 Å². The van der Waals surface area contributed by atoms with Gasteiger partial charge in [0.25, 0.3) is 11.5 Å². The quantitative estimate of drug-likeness (QED) is 0.679. The van der Waals surface area contributed by atoms with E-state index in [-0.39, 0.29) is 11.5 Å². The maximum Gasteiger partial charge on any atom is 0.258 e. The highest BCUT2D eigenvalue weighted by molar-refractivity contribution is 6.32. The Morgan fingerprint density at radius 1 is 1.07 bits per heavy atom. The number of carbonyl (C=O) groups is 1. The molecular formula is C23H24ClN3O3. The summed E-state index contributed by atoms with van der Waals surface area (Å²) in [6, 6.07) is 12.5. The van der Waals surface area contributed by atoms with E-state index in [1.165, 1.54) is 0 Å². The molecule has 0 spiro atoms. The van der Waals surface area contributed by atoms with Gasteiger partial charge in [0.2, 0.25) is 0 Å². The molecule has 2 aromatic carbocycles. The molecule has 0 aliphatic carbocycles. The van der Waals surface area contributed by atoms with Crippen LogP contribution in [0.25, 0.3) is 10.8 Å². The second kappa shape index (κ2) is 9.00. The molecule has 1 N–H and O–H groups in total. The maximum atomic E-state index is 13.0. The molecule has 0 saturated carbocycles. The number of morpholine rings is 1. The molecule has 156 valence electrons. The Bertz CT molecular complexity index is 1140. The van der Waals surface area contributed by atoms with Gasteiger partial charge in [0.05, 0.1) is 13.2 Å². The number of pyridine rings is 1. The lowest BCUT2D eigenvalue weighted by molar-refractivity contribution is 0.0363. The number of ether oxygens (including phenoxy) is 1. The van der Waals surface area contributed by atoms with Crippen molar-refractivity contribution in [3.63, 3.8) is 0 Å². The summed E-state index contributed by atoms with van der Waals surface area (Å²) in [5.41, 5.74) is 1.78. The van der Waals surface area contributed by atoms with Crippen LogP contribution in [0.1, 0.15) is 15.9 Å². The third-order valence-electron chi connectivity index (χ3n) is 5.54. The van der Waals surface area contributed by atoms with Crippen molar-refractivity contribution in [2.45, 2.75) is 13.5 Å². The average Bonchev–Trinajstić information content (AvgIpc) is 2.76. The van der Waals surface area contributed by atoms with Gasteiger partial charge in [-0.05, 0) is 42.8 Å². The molecule has 0 bridgehead atoms. The molecule has 1 amide bonds. The lowest BCUT2D eigenvalue weighted by Gasteiger charge is -2.26. The van der Waals surface area contributed by atoms with E-state index in [0.717, 1.165) is 43.8 Å². The molecule has 7 heteroatoms. The van der Waals surface area contributed by atoms with Crippen molar-refractivity contribution in [2.24, 2.45) is 0 Å². The Morgan fingerprint density at radius 3 is 2.63 bits per heavy atom. The molecule has 4 rings (SSSR count). The van der Waals surface area contributed by atoms with Gasteiger partial charge >= 0.3 is 0 Å².